The fraction of sp³-hybridized carbons (Fsp3) is 0.467. The average molecular weight is 313 g/mol. The van der Waals surface area contributed by atoms with Crippen LogP contribution in [0.15, 0.2) is 18.2 Å². The Morgan fingerprint density at radius 2 is 2.09 bits per heavy atom. The van der Waals surface area contributed by atoms with Crippen molar-refractivity contribution in [1.82, 2.24) is 5.32 Å². The number of hydrogen-bond acceptors (Lipinski definition) is 3. The lowest BCUT2D eigenvalue weighted by molar-refractivity contribution is -0.142. The van der Waals surface area contributed by atoms with Gasteiger partial charge in [-0.2, -0.15) is 0 Å². The van der Waals surface area contributed by atoms with E-state index in [0.29, 0.717) is 6.42 Å². The maximum absolute atomic E-state index is 13.3. The number of carboxylic acids is 1. The number of hydrogen-bond donors (Lipinski definition) is 2. The summed E-state index contributed by atoms with van der Waals surface area (Å²) in [5, 5.41) is 11.5. The van der Waals surface area contributed by atoms with Crippen molar-refractivity contribution >= 4 is 11.9 Å². The second kappa shape index (κ2) is 7.20. The Bertz CT molecular complexity index is 560. The standard InChI is InChI=1S/C15H17F2NO4/c16-10-5-6-12(11(17)8-10)22-7-1-2-13(19)18-14(15(20)21)9-3-4-9/h5-6,8-9,14H,1-4,7H2,(H,18,19)(H,20,21). The van der Waals surface area contributed by atoms with E-state index in [4.69, 9.17) is 9.84 Å². The molecule has 1 aliphatic rings. The molecule has 1 aliphatic carbocycles. The van der Waals surface area contributed by atoms with Crippen LogP contribution in [-0.2, 0) is 9.59 Å². The van der Waals surface area contributed by atoms with Gasteiger partial charge in [-0.05, 0) is 37.3 Å². The Hall–Kier alpha value is -2.18. The van der Waals surface area contributed by atoms with E-state index < -0.39 is 23.6 Å². The van der Waals surface area contributed by atoms with Crippen molar-refractivity contribution in [2.45, 2.75) is 31.7 Å². The van der Waals surface area contributed by atoms with Crippen LogP contribution in [0.3, 0.4) is 0 Å². The summed E-state index contributed by atoms with van der Waals surface area (Å²) < 4.78 is 31.1. The van der Waals surface area contributed by atoms with Crippen LogP contribution in [0, 0.1) is 17.6 Å². The zero-order chi connectivity index (χ0) is 16.1. The molecule has 0 bridgehead atoms. The molecule has 7 heteroatoms. The molecule has 0 spiro atoms. The highest BCUT2D eigenvalue weighted by Gasteiger charge is 2.37. The topological polar surface area (TPSA) is 75.6 Å². The summed E-state index contributed by atoms with van der Waals surface area (Å²) >= 11 is 0. The van der Waals surface area contributed by atoms with Crippen LogP contribution < -0.4 is 10.1 Å². The molecule has 5 nitrogen and oxygen atoms in total. The van der Waals surface area contributed by atoms with Crippen molar-refractivity contribution in [3.63, 3.8) is 0 Å². The van der Waals surface area contributed by atoms with Crippen LogP contribution in [0.2, 0.25) is 0 Å². The molecule has 0 aliphatic heterocycles. The zero-order valence-electron chi connectivity index (χ0n) is 11.9. The van der Waals surface area contributed by atoms with Gasteiger partial charge in [0.15, 0.2) is 11.6 Å². The second-order valence-electron chi connectivity index (χ2n) is 5.25. The fourth-order valence-corrected chi connectivity index (χ4v) is 2.06. The fourth-order valence-electron chi connectivity index (χ4n) is 2.06. The predicted molar refractivity (Wildman–Crippen MR) is 73.4 cm³/mol. The van der Waals surface area contributed by atoms with Crippen molar-refractivity contribution in [3.8, 4) is 5.75 Å². The maximum Gasteiger partial charge on any atom is 0.326 e. The molecular formula is C15H17F2NO4. The second-order valence-corrected chi connectivity index (χ2v) is 5.25. The number of nitrogens with one attached hydrogen (secondary N) is 1. The Balaban J connectivity index is 1.69. The summed E-state index contributed by atoms with van der Waals surface area (Å²) in [6, 6.07) is 2.15. The highest BCUT2D eigenvalue weighted by atomic mass is 19.1. The lowest BCUT2D eigenvalue weighted by Gasteiger charge is -2.13. The Morgan fingerprint density at radius 1 is 1.36 bits per heavy atom. The van der Waals surface area contributed by atoms with Crippen molar-refractivity contribution < 1.29 is 28.2 Å². The van der Waals surface area contributed by atoms with Crippen LogP contribution in [-0.4, -0.2) is 29.6 Å². The van der Waals surface area contributed by atoms with E-state index in [1.807, 2.05) is 0 Å². The molecule has 1 amide bonds. The van der Waals surface area contributed by atoms with Gasteiger partial charge in [0, 0.05) is 12.5 Å². The van der Waals surface area contributed by atoms with Crippen molar-refractivity contribution in [2.24, 2.45) is 5.92 Å². The maximum atomic E-state index is 13.3. The monoisotopic (exact) mass is 313 g/mol. The first kappa shape index (κ1) is 16.2. The molecule has 120 valence electrons. The molecule has 1 unspecified atom stereocenters. The Kier molecular flexibility index (Phi) is 5.30. The van der Waals surface area contributed by atoms with Crippen LogP contribution in [0.1, 0.15) is 25.7 Å². The number of halogens is 2. The van der Waals surface area contributed by atoms with E-state index in [1.54, 1.807) is 0 Å². The molecule has 1 fully saturated rings. The largest absolute Gasteiger partial charge is 0.491 e. The van der Waals surface area contributed by atoms with E-state index >= 15 is 0 Å². The van der Waals surface area contributed by atoms with Crippen molar-refractivity contribution in [1.29, 1.82) is 0 Å². The molecule has 22 heavy (non-hydrogen) atoms. The minimum atomic E-state index is -1.03. The number of amides is 1. The average Bonchev–Trinajstić information content (AvgIpc) is 3.27. The lowest BCUT2D eigenvalue weighted by atomic mass is 10.2. The lowest BCUT2D eigenvalue weighted by Crippen LogP contribution is -2.42. The van der Waals surface area contributed by atoms with Crippen LogP contribution in [0.5, 0.6) is 5.75 Å². The minimum Gasteiger partial charge on any atom is -0.491 e. The third-order valence-corrected chi connectivity index (χ3v) is 3.38. The molecular weight excluding hydrogens is 296 g/mol. The van der Waals surface area contributed by atoms with Gasteiger partial charge in [-0.25, -0.2) is 13.6 Å². The first-order valence-electron chi connectivity index (χ1n) is 7.07. The number of rotatable bonds is 8. The number of aliphatic carboxylic acids is 1. The summed E-state index contributed by atoms with van der Waals surface area (Å²) in [5.74, 6) is -2.95. The van der Waals surface area contributed by atoms with E-state index in [1.165, 1.54) is 6.07 Å². The van der Waals surface area contributed by atoms with Crippen LogP contribution >= 0.6 is 0 Å². The smallest absolute Gasteiger partial charge is 0.326 e. The van der Waals surface area contributed by atoms with Crippen molar-refractivity contribution in [3.05, 3.63) is 29.8 Å². The molecule has 2 rings (SSSR count). The highest BCUT2D eigenvalue weighted by Crippen LogP contribution is 2.32. The first-order chi connectivity index (χ1) is 10.5. The summed E-state index contributed by atoms with van der Waals surface area (Å²) in [4.78, 5) is 22.6. The number of benzene rings is 1. The third kappa shape index (κ3) is 4.68. The minimum absolute atomic E-state index is 0.0195. The van der Waals surface area contributed by atoms with Gasteiger partial charge in [0.1, 0.15) is 11.9 Å². The third-order valence-electron chi connectivity index (χ3n) is 3.38. The molecule has 2 N–H and O–H groups in total. The summed E-state index contributed by atoms with van der Waals surface area (Å²) in [7, 11) is 0. The number of ether oxygens (including phenoxy) is 1. The van der Waals surface area contributed by atoms with Gasteiger partial charge in [0.2, 0.25) is 5.91 Å². The Morgan fingerprint density at radius 3 is 2.68 bits per heavy atom. The molecule has 1 aromatic rings. The summed E-state index contributed by atoms with van der Waals surface area (Å²) in [6.45, 7) is 0.0805. The quantitative estimate of drug-likeness (QED) is 0.721. The Labute approximate surface area is 126 Å². The van der Waals surface area contributed by atoms with E-state index in [0.717, 1.165) is 25.0 Å². The van der Waals surface area contributed by atoms with Gasteiger partial charge >= 0.3 is 5.97 Å². The van der Waals surface area contributed by atoms with Gasteiger partial charge in [0.25, 0.3) is 0 Å². The van der Waals surface area contributed by atoms with E-state index in [-0.39, 0.29) is 30.6 Å². The van der Waals surface area contributed by atoms with Gasteiger partial charge in [-0.3, -0.25) is 4.79 Å². The van der Waals surface area contributed by atoms with E-state index in [9.17, 15) is 18.4 Å². The van der Waals surface area contributed by atoms with Crippen LogP contribution in [0.4, 0.5) is 8.78 Å². The molecule has 0 heterocycles. The molecule has 1 saturated carbocycles. The van der Waals surface area contributed by atoms with Crippen molar-refractivity contribution in [2.75, 3.05) is 6.61 Å². The van der Waals surface area contributed by atoms with Gasteiger partial charge in [-0.15, -0.1) is 0 Å². The number of carbonyl (C=O) groups is 2. The van der Waals surface area contributed by atoms with Gasteiger partial charge < -0.3 is 15.2 Å². The van der Waals surface area contributed by atoms with Gasteiger partial charge in [-0.1, -0.05) is 0 Å². The molecule has 1 aromatic carbocycles. The van der Waals surface area contributed by atoms with E-state index in [2.05, 4.69) is 5.32 Å². The summed E-state index contributed by atoms with van der Waals surface area (Å²) in [5.41, 5.74) is 0. The zero-order valence-corrected chi connectivity index (χ0v) is 11.9. The molecule has 0 radical (unpaired) electrons. The summed E-state index contributed by atoms with van der Waals surface area (Å²) in [6.07, 6.45) is 2.01. The predicted octanol–water partition coefficient (Wildman–Crippen LogP) is 2.10. The molecule has 0 saturated heterocycles. The first-order valence-corrected chi connectivity index (χ1v) is 7.07. The van der Waals surface area contributed by atoms with Crippen LogP contribution in [0.25, 0.3) is 0 Å². The number of carboxylic acid groups (broad SMARTS) is 1. The van der Waals surface area contributed by atoms with Gasteiger partial charge in [0.05, 0.1) is 6.61 Å². The SMILES string of the molecule is O=C(CCCOc1ccc(F)cc1F)NC(C(=O)O)C1CC1. The molecule has 1 atom stereocenters. The normalized spacial score (nSPS) is 15.2. The molecule has 0 aromatic heterocycles. The highest BCUT2D eigenvalue weighted by molar-refractivity contribution is 5.83. The number of carbonyl (C=O) groups excluding carboxylic acids is 1.